The molecule has 130 valence electrons. The van der Waals surface area contributed by atoms with Crippen LogP contribution in [0.1, 0.15) is 38.1 Å². The molecule has 7 heteroatoms. The average molecular weight is 367 g/mol. The molecular formula is C17H23ClN4OS. The van der Waals surface area contributed by atoms with Crippen LogP contribution in [0.15, 0.2) is 35.0 Å². The van der Waals surface area contributed by atoms with Crippen molar-refractivity contribution in [2.75, 3.05) is 5.75 Å². The summed E-state index contributed by atoms with van der Waals surface area (Å²) in [6.45, 7) is 8.73. The van der Waals surface area contributed by atoms with Gasteiger partial charge in [0.2, 0.25) is 0 Å². The Hall–Kier alpha value is -1.50. The highest BCUT2D eigenvalue weighted by molar-refractivity contribution is 7.99. The Balaban J connectivity index is 0.00000208. The molecular weight excluding hydrogens is 344 g/mol. The minimum atomic E-state index is -0.454. The largest absolute Gasteiger partial charge is 0.366 e. The number of hydrogen-bond donors (Lipinski definition) is 3. The second-order valence-corrected chi connectivity index (χ2v) is 8.00. The zero-order valence-corrected chi connectivity index (χ0v) is 15.9. The first-order valence-electron chi connectivity index (χ1n) is 7.61. The second kappa shape index (κ2) is 6.43. The Kier molecular flexibility index (Phi) is 5.04. The van der Waals surface area contributed by atoms with E-state index in [9.17, 15) is 4.79 Å². The van der Waals surface area contributed by atoms with Gasteiger partial charge in [0, 0.05) is 16.8 Å². The van der Waals surface area contributed by atoms with Gasteiger partial charge in [0.25, 0.3) is 5.91 Å². The molecule has 1 aromatic heterocycles. The van der Waals surface area contributed by atoms with Gasteiger partial charge < -0.3 is 10.7 Å². The molecule has 4 N–H and O–H groups in total. The Morgan fingerprint density at radius 1 is 1.29 bits per heavy atom. The third kappa shape index (κ3) is 3.61. The fourth-order valence-electron chi connectivity index (χ4n) is 3.18. The van der Waals surface area contributed by atoms with Gasteiger partial charge in [-0.25, -0.2) is 4.98 Å². The maximum atomic E-state index is 11.5. The number of nitrogens with two attached hydrogens (primary N) is 1. The molecule has 0 saturated carbocycles. The molecule has 0 saturated heterocycles. The van der Waals surface area contributed by atoms with E-state index in [0.29, 0.717) is 11.1 Å². The molecule has 0 radical (unpaired) electrons. The van der Waals surface area contributed by atoms with Crippen molar-refractivity contribution in [2.24, 2.45) is 5.73 Å². The lowest BCUT2D eigenvalue weighted by molar-refractivity contribution is 0.100. The number of benzene rings is 1. The van der Waals surface area contributed by atoms with Crippen molar-refractivity contribution in [1.82, 2.24) is 15.3 Å². The first-order valence-corrected chi connectivity index (χ1v) is 8.59. The molecule has 0 bridgehead atoms. The van der Waals surface area contributed by atoms with Crippen LogP contribution in [0, 0.1) is 0 Å². The fraction of sp³-hybridized carbons (Fsp3) is 0.412. The molecule has 24 heavy (non-hydrogen) atoms. The summed E-state index contributed by atoms with van der Waals surface area (Å²) in [4.78, 5) is 19.3. The Labute approximate surface area is 152 Å². The highest BCUT2D eigenvalue weighted by Gasteiger charge is 2.36. The highest BCUT2D eigenvalue weighted by atomic mass is 35.5. The van der Waals surface area contributed by atoms with Crippen molar-refractivity contribution in [2.45, 2.75) is 43.9 Å². The average Bonchev–Trinajstić information content (AvgIpc) is 2.92. The number of amides is 1. The van der Waals surface area contributed by atoms with Crippen molar-refractivity contribution in [3.05, 3.63) is 35.4 Å². The van der Waals surface area contributed by atoms with E-state index in [0.717, 1.165) is 16.4 Å². The molecule has 5 nitrogen and oxygen atoms in total. The summed E-state index contributed by atoms with van der Waals surface area (Å²) in [5.41, 5.74) is 8.67. The Morgan fingerprint density at radius 3 is 2.58 bits per heavy atom. The van der Waals surface area contributed by atoms with Crippen molar-refractivity contribution in [3.8, 4) is 0 Å². The molecule has 1 aliphatic heterocycles. The lowest BCUT2D eigenvalue weighted by Gasteiger charge is -2.28. The summed E-state index contributed by atoms with van der Waals surface area (Å²) in [6.07, 6.45) is 2.29. The SMILES string of the molecule is CC1(C)C=C(CSc2nc3c(C(N)=O)cccc3[nH]2)C(C)(C)N1.Cl. The van der Waals surface area contributed by atoms with E-state index in [1.54, 1.807) is 17.8 Å². The number of carbonyl (C=O) groups excluding carboxylic acids is 1. The minimum Gasteiger partial charge on any atom is -0.366 e. The standard InChI is InChI=1S/C17H22N4OS.ClH/c1-16(2)8-10(17(3,4)21-16)9-23-15-19-12-7-5-6-11(14(18)22)13(12)20-15;/h5-8,21H,9H2,1-4H3,(H2,18,22)(H,19,20);1H. The fourth-order valence-corrected chi connectivity index (χ4v) is 4.26. The van der Waals surface area contributed by atoms with Gasteiger partial charge in [-0.2, -0.15) is 0 Å². The number of para-hydroxylation sites is 1. The summed E-state index contributed by atoms with van der Waals surface area (Å²) in [5, 5.41) is 4.41. The molecule has 2 heterocycles. The zero-order valence-electron chi connectivity index (χ0n) is 14.3. The molecule has 0 atom stereocenters. The van der Waals surface area contributed by atoms with Gasteiger partial charge in [-0.15, -0.1) is 12.4 Å². The third-order valence-electron chi connectivity index (χ3n) is 4.09. The van der Waals surface area contributed by atoms with E-state index in [2.05, 4.69) is 49.1 Å². The van der Waals surface area contributed by atoms with Crippen LogP contribution >= 0.6 is 24.2 Å². The number of carbonyl (C=O) groups is 1. The highest BCUT2D eigenvalue weighted by Crippen LogP contribution is 2.33. The number of fused-ring (bicyclic) bond motifs is 1. The van der Waals surface area contributed by atoms with Crippen LogP contribution in [0.5, 0.6) is 0 Å². The first kappa shape index (κ1) is 18.8. The van der Waals surface area contributed by atoms with Crippen LogP contribution in [-0.4, -0.2) is 32.7 Å². The van der Waals surface area contributed by atoms with Crippen LogP contribution in [0.3, 0.4) is 0 Å². The summed E-state index contributed by atoms with van der Waals surface area (Å²) >= 11 is 1.64. The molecule has 1 aliphatic rings. The van der Waals surface area contributed by atoms with E-state index in [1.807, 2.05) is 12.1 Å². The van der Waals surface area contributed by atoms with Crippen molar-refractivity contribution < 1.29 is 4.79 Å². The van der Waals surface area contributed by atoms with Gasteiger partial charge in [0.05, 0.1) is 11.1 Å². The monoisotopic (exact) mass is 366 g/mol. The molecule has 0 unspecified atom stereocenters. The van der Waals surface area contributed by atoms with E-state index in [4.69, 9.17) is 5.73 Å². The van der Waals surface area contributed by atoms with E-state index >= 15 is 0 Å². The lowest BCUT2D eigenvalue weighted by Crippen LogP contribution is -2.45. The van der Waals surface area contributed by atoms with Gasteiger partial charge in [-0.3, -0.25) is 10.1 Å². The number of hydrogen-bond acceptors (Lipinski definition) is 4. The van der Waals surface area contributed by atoms with Crippen LogP contribution < -0.4 is 11.1 Å². The van der Waals surface area contributed by atoms with Gasteiger partial charge in [-0.05, 0) is 45.4 Å². The Morgan fingerprint density at radius 2 is 2.00 bits per heavy atom. The summed E-state index contributed by atoms with van der Waals surface area (Å²) in [6, 6.07) is 5.42. The Bertz CT molecular complexity index is 810. The van der Waals surface area contributed by atoms with Crippen LogP contribution in [0.25, 0.3) is 11.0 Å². The number of halogens is 1. The smallest absolute Gasteiger partial charge is 0.250 e. The molecule has 2 aromatic rings. The normalized spacial score (nSPS) is 18.2. The zero-order chi connectivity index (χ0) is 16.8. The maximum absolute atomic E-state index is 11.5. The van der Waals surface area contributed by atoms with E-state index in [1.165, 1.54) is 5.57 Å². The number of aromatic nitrogens is 2. The molecule has 1 amide bonds. The predicted molar refractivity (Wildman–Crippen MR) is 102 cm³/mol. The first-order chi connectivity index (χ1) is 10.7. The molecule has 1 aromatic carbocycles. The number of nitrogens with zero attached hydrogens (tertiary/aromatic N) is 1. The van der Waals surface area contributed by atoms with E-state index < -0.39 is 5.91 Å². The second-order valence-electron chi connectivity index (χ2n) is 7.04. The predicted octanol–water partition coefficient (Wildman–Crippen LogP) is 3.26. The van der Waals surface area contributed by atoms with Crippen LogP contribution in [0.4, 0.5) is 0 Å². The van der Waals surface area contributed by atoms with Gasteiger partial charge in [0.1, 0.15) is 5.52 Å². The number of imidazole rings is 1. The molecule has 0 spiro atoms. The third-order valence-corrected chi connectivity index (χ3v) is 5.02. The maximum Gasteiger partial charge on any atom is 0.250 e. The number of primary amides is 1. The number of rotatable bonds is 4. The quantitative estimate of drug-likeness (QED) is 0.572. The van der Waals surface area contributed by atoms with Crippen molar-refractivity contribution >= 4 is 41.1 Å². The summed E-state index contributed by atoms with van der Waals surface area (Å²) in [5.74, 6) is 0.388. The number of H-pyrrole nitrogens is 1. The van der Waals surface area contributed by atoms with Gasteiger partial charge in [0.15, 0.2) is 5.16 Å². The van der Waals surface area contributed by atoms with E-state index in [-0.39, 0.29) is 23.5 Å². The number of thioether (sulfide) groups is 1. The van der Waals surface area contributed by atoms with Crippen molar-refractivity contribution in [3.63, 3.8) is 0 Å². The van der Waals surface area contributed by atoms with Gasteiger partial charge in [-0.1, -0.05) is 23.9 Å². The van der Waals surface area contributed by atoms with Crippen LogP contribution in [0.2, 0.25) is 0 Å². The van der Waals surface area contributed by atoms with Crippen LogP contribution in [-0.2, 0) is 0 Å². The molecule has 3 rings (SSSR count). The summed E-state index contributed by atoms with van der Waals surface area (Å²) in [7, 11) is 0. The minimum absolute atomic E-state index is 0. The topological polar surface area (TPSA) is 83.8 Å². The summed E-state index contributed by atoms with van der Waals surface area (Å²) < 4.78 is 0. The molecule has 0 aliphatic carbocycles. The number of nitrogens with one attached hydrogen (secondary N) is 2. The number of aromatic amines is 1. The van der Waals surface area contributed by atoms with Crippen molar-refractivity contribution in [1.29, 1.82) is 0 Å². The lowest BCUT2D eigenvalue weighted by atomic mass is 9.99. The molecule has 0 fully saturated rings. The van der Waals surface area contributed by atoms with Gasteiger partial charge >= 0.3 is 0 Å².